The molecule has 0 radical (unpaired) electrons. The number of esters is 4. The van der Waals surface area contributed by atoms with Crippen molar-refractivity contribution < 1.29 is 80.2 Å². The Morgan fingerprint density at radius 3 is 0.790 bits per heavy atom. The number of allylic oxidation sites excluding steroid dienone is 8. The van der Waals surface area contributed by atoms with Crippen LogP contribution in [0.15, 0.2) is 48.6 Å². The molecule has 19 heteroatoms. The van der Waals surface area contributed by atoms with Gasteiger partial charge in [-0.15, -0.1) is 0 Å². The third-order valence-corrected chi connectivity index (χ3v) is 19.7. The monoisotopic (exact) mass is 1460 g/mol. The lowest BCUT2D eigenvalue weighted by molar-refractivity contribution is -0.161. The first-order valence-corrected chi connectivity index (χ1v) is 43.9. The van der Waals surface area contributed by atoms with Crippen molar-refractivity contribution in [2.75, 3.05) is 39.6 Å². The lowest BCUT2D eigenvalue weighted by atomic mass is 10.0. The fourth-order valence-corrected chi connectivity index (χ4v) is 13.1. The number of rotatable bonds is 78. The van der Waals surface area contributed by atoms with E-state index in [0.717, 1.165) is 89.9 Å². The second-order valence-electron chi connectivity index (χ2n) is 27.7. The molecule has 5 atom stereocenters. The van der Waals surface area contributed by atoms with E-state index in [1.54, 1.807) is 0 Å². The van der Waals surface area contributed by atoms with Crippen LogP contribution in [0.25, 0.3) is 0 Å². The van der Waals surface area contributed by atoms with E-state index in [1.165, 1.54) is 212 Å². The number of aliphatic hydroxyl groups excluding tert-OH is 1. The zero-order valence-corrected chi connectivity index (χ0v) is 65.9. The second-order valence-corrected chi connectivity index (χ2v) is 30.6. The first-order valence-electron chi connectivity index (χ1n) is 40.9. The summed E-state index contributed by atoms with van der Waals surface area (Å²) in [6, 6.07) is 0. The molecule has 0 aliphatic heterocycles. The number of aliphatic hydroxyl groups is 1. The highest BCUT2D eigenvalue weighted by atomic mass is 31.2. The van der Waals surface area contributed by atoms with Crippen LogP contribution in [-0.2, 0) is 65.4 Å². The summed E-state index contributed by atoms with van der Waals surface area (Å²) in [6.07, 6.45) is 72.3. The Bertz CT molecular complexity index is 2080. The van der Waals surface area contributed by atoms with Crippen LogP contribution in [-0.4, -0.2) is 96.7 Å². The van der Waals surface area contributed by atoms with Gasteiger partial charge in [0.05, 0.1) is 26.4 Å². The van der Waals surface area contributed by atoms with E-state index in [1.807, 2.05) is 12.2 Å². The molecule has 3 N–H and O–H groups in total. The van der Waals surface area contributed by atoms with Crippen LogP contribution in [0.2, 0.25) is 0 Å². The Morgan fingerprint density at radius 1 is 0.280 bits per heavy atom. The van der Waals surface area contributed by atoms with Gasteiger partial charge in [0, 0.05) is 25.7 Å². The van der Waals surface area contributed by atoms with E-state index in [4.69, 9.17) is 37.0 Å². The highest BCUT2D eigenvalue weighted by molar-refractivity contribution is 7.47. The van der Waals surface area contributed by atoms with Crippen LogP contribution >= 0.6 is 15.6 Å². The minimum atomic E-state index is -4.98. The lowest BCUT2D eigenvalue weighted by Crippen LogP contribution is -2.30. The van der Waals surface area contributed by atoms with E-state index in [-0.39, 0.29) is 25.7 Å². The third-order valence-electron chi connectivity index (χ3n) is 17.8. The maximum Gasteiger partial charge on any atom is 0.472 e. The Hall–Kier alpha value is -2.98. The summed E-state index contributed by atoms with van der Waals surface area (Å²) in [7, 11) is -9.95. The fourth-order valence-electron chi connectivity index (χ4n) is 11.6. The summed E-state index contributed by atoms with van der Waals surface area (Å²) < 4.78 is 68.6. The maximum atomic E-state index is 13.1. The maximum absolute atomic E-state index is 13.1. The highest BCUT2D eigenvalue weighted by Crippen LogP contribution is 2.45. The van der Waals surface area contributed by atoms with Crippen molar-refractivity contribution in [2.24, 2.45) is 0 Å². The molecule has 0 bridgehead atoms. The molecular weight excluding hydrogens is 1310 g/mol. The lowest BCUT2D eigenvalue weighted by Gasteiger charge is -2.21. The van der Waals surface area contributed by atoms with Crippen LogP contribution < -0.4 is 0 Å². The van der Waals surface area contributed by atoms with E-state index in [9.17, 15) is 43.2 Å². The molecule has 0 aliphatic carbocycles. The Balaban J connectivity index is 5.35. The highest BCUT2D eigenvalue weighted by Gasteiger charge is 2.30. The number of phosphoric acid groups is 2. The van der Waals surface area contributed by atoms with E-state index < -0.39 is 97.5 Å². The number of hydrogen-bond donors (Lipinski definition) is 3. The third kappa shape index (κ3) is 73.3. The molecule has 0 saturated heterocycles. The smallest absolute Gasteiger partial charge is 0.462 e. The standard InChI is InChI=1S/C81H150O17P2/c1-5-9-13-17-21-25-29-33-36-37-40-44-48-52-56-60-64-68-81(86)98-77(72-92-79(84)66-62-58-54-50-46-43-39-35-31-27-23-19-15-11-7-3)74-96-100(89,90)94-70-75(82)69-93-99(87,88)95-73-76(97-80(85)67-63-59-55-51-47-41-32-28-24-20-16-12-8-4)71-91-78(83)65-61-57-53-49-45-42-38-34-30-26-22-18-14-10-6-2/h21,25,33,36,40,44,52,56,75-77,82H,5-20,22-24,26-32,34-35,37-39,41-43,45-51,53-55,57-74H2,1-4H3,(H,87,88)(H,89,90)/b25-21-,36-33-,44-40-,56-52-/t75-,76-,77-/m1/s1. The van der Waals surface area contributed by atoms with E-state index >= 15 is 0 Å². The minimum absolute atomic E-state index is 0.0257. The van der Waals surface area contributed by atoms with Gasteiger partial charge in [0.15, 0.2) is 12.2 Å². The number of carbonyl (C=O) groups excluding carboxylic acids is 4. The average Bonchev–Trinajstić information content (AvgIpc) is 0.962. The summed E-state index contributed by atoms with van der Waals surface area (Å²) in [6.45, 7) is 4.89. The Labute approximate surface area is 610 Å². The van der Waals surface area contributed by atoms with Crippen LogP contribution in [0.4, 0.5) is 0 Å². The quantitative estimate of drug-likeness (QED) is 0.0169. The molecule has 0 fully saturated rings. The molecule has 0 spiro atoms. The Kier molecular flexibility index (Phi) is 72.1. The minimum Gasteiger partial charge on any atom is -0.462 e. The van der Waals surface area contributed by atoms with Crippen molar-refractivity contribution in [2.45, 2.75) is 406 Å². The number of carbonyl (C=O) groups is 4. The largest absolute Gasteiger partial charge is 0.472 e. The van der Waals surface area contributed by atoms with E-state index in [0.29, 0.717) is 32.1 Å². The van der Waals surface area contributed by atoms with Crippen molar-refractivity contribution in [1.82, 2.24) is 0 Å². The van der Waals surface area contributed by atoms with Crippen molar-refractivity contribution in [3.8, 4) is 0 Å². The van der Waals surface area contributed by atoms with Crippen molar-refractivity contribution >= 4 is 39.5 Å². The van der Waals surface area contributed by atoms with Gasteiger partial charge in [-0.3, -0.25) is 37.3 Å². The summed E-state index contributed by atoms with van der Waals surface area (Å²) in [5, 5.41) is 10.6. The summed E-state index contributed by atoms with van der Waals surface area (Å²) in [5.74, 6) is -2.19. The SMILES string of the molecule is CCCCC/C=C\C/C=C\C/C=C\C/C=C\CCCC(=O)O[C@H](COC(=O)CCCCCCCCCCCCCCCCC)COP(=O)(O)OC[C@H](O)COP(=O)(O)OC[C@@H](COC(=O)CCCCCCCCCCCCCCCCC)OC(=O)CCCCCCCCCCCCCCC. The van der Waals surface area contributed by atoms with Crippen molar-refractivity contribution in [1.29, 1.82) is 0 Å². The van der Waals surface area contributed by atoms with Crippen molar-refractivity contribution in [3.05, 3.63) is 48.6 Å². The van der Waals surface area contributed by atoms with Gasteiger partial charge in [0.2, 0.25) is 0 Å². The summed E-state index contributed by atoms with van der Waals surface area (Å²) >= 11 is 0. The van der Waals surface area contributed by atoms with Gasteiger partial charge in [-0.2, -0.15) is 0 Å². The first-order chi connectivity index (χ1) is 48.7. The van der Waals surface area contributed by atoms with Gasteiger partial charge in [-0.25, -0.2) is 9.13 Å². The predicted molar refractivity (Wildman–Crippen MR) is 409 cm³/mol. The fraction of sp³-hybridized carbons (Fsp3) is 0.852. The molecule has 0 aromatic carbocycles. The van der Waals surface area contributed by atoms with Gasteiger partial charge in [0.25, 0.3) is 0 Å². The van der Waals surface area contributed by atoms with Gasteiger partial charge in [-0.1, -0.05) is 346 Å². The van der Waals surface area contributed by atoms with Crippen LogP contribution in [0.1, 0.15) is 387 Å². The van der Waals surface area contributed by atoms with Crippen LogP contribution in [0.3, 0.4) is 0 Å². The first kappa shape index (κ1) is 97.0. The average molecular weight is 1460 g/mol. The molecule has 100 heavy (non-hydrogen) atoms. The van der Waals surface area contributed by atoms with Crippen LogP contribution in [0, 0.1) is 0 Å². The van der Waals surface area contributed by atoms with Gasteiger partial charge in [-0.05, 0) is 64.2 Å². The van der Waals surface area contributed by atoms with Gasteiger partial charge >= 0.3 is 39.5 Å². The summed E-state index contributed by atoms with van der Waals surface area (Å²) in [5.41, 5.74) is 0. The predicted octanol–water partition coefficient (Wildman–Crippen LogP) is 23.7. The van der Waals surface area contributed by atoms with Gasteiger partial charge < -0.3 is 33.8 Å². The van der Waals surface area contributed by atoms with Crippen molar-refractivity contribution in [3.63, 3.8) is 0 Å². The molecule has 0 amide bonds. The summed E-state index contributed by atoms with van der Waals surface area (Å²) in [4.78, 5) is 73.0. The zero-order valence-electron chi connectivity index (χ0n) is 64.1. The topological polar surface area (TPSA) is 237 Å². The molecular formula is C81H150O17P2. The normalized spacial score (nSPS) is 14.1. The molecule has 0 saturated carbocycles. The molecule has 586 valence electrons. The molecule has 0 heterocycles. The van der Waals surface area contributed by atoms with E-state index in [2.05, 4.69) is 64.2 Å². The molecule has 0 aromatic rings. The molecule has 0 aromatic heterocycles. The van der Waals surface area contributed by atoms with Gasteiger partial charge in [0.1, 0.15) is 19.3 Å². The molecule has 17 nitrogen and oxygen atoms in total. The number of phosphoric ester groups is 2. The second kappa shape index (κ2) is 74.3. The Morgan fingerprint density at radius 2 is 0.500 bits per heavy atom. The molecule has 0 rings (SSSR count). The van der Waals surface area contributed by atoms with Crippen LogP contribution in [0.5, 0.6) is 0 Å². The molecule has 0 aliphatic rings. The number of unbranched alkanes of at least 4 members (excludes halogenated alkanes) is 44. The number of hydrogen-bond acceptors (Lipinski definition) is 15. The zero-order chi connectivity index (χ0) is 73.2. The number of ether oxygens (including phenoxy) is 4. The molecule has 2 unspecified atom stereocenters.